The number of hydrogen-bond donors (Lipinski definition) is 1. The van der Waals surface area contributed by atoms with Crippen molar-refractivity contribution in [3.63, 3.8) is 0 Å². The number of carbonyl (C=O) groups excluding carboxylic acids is 1. The molecule has 2 heterocycles. The molecular formula is C13H19N3O2S. The van der Waals surface area contributed by atoms with Crippen LogP contribution in [0.5, 0.6) is 0 Å². The number of primary amides is 1. The van der Waals surface area contributed by atoms with Crippen LogP contribution in [0.1, 0.15) is 41.2 Å². The molecule has 2 N–H and O–H groups in total. The van der Waals surface area contributed by atoms with E-state index in [1.165, 1.54) is 37.0 Å². The smallest absolute Gasteiger partial charge is 0.268 e. The molecule has 1 amide bonds. The van der Waals surface area contributed by atoms with Crippen LogP contribution in [0.4, 0.5) is 0 Å². The van der Waals surface area contributed by atoms with E-state index in [9.17, 15) is 4.79 Å². The number of morpholine rings is 1. The lowest BCUT2D eigenvalue weighted by molar-refractivity contribution is -0.0911. The molecule has 2 fully saturated rings. The Kier molecular flexibility index (Phi) is 3.81. The molecule has 2 unspecified atom stereocenters. The molecule has 5 nitrogen and oxygen atoms in total. The topological polar surface area (TPSA) is 68.5 Å². The van der Waals surface area contributed by atoms with Crippen molar-refractivity contribution >= 4 is 17.2 Å². The summed E-state index contributed by atoms with van der Waals surface area (Å²) in [6.45, 7) is 2.56. The van der Waals surface area contributed by atoms with E-state index in [1.807, 2.05) is 0 Å². The first-order valence-corrected chi connectivity index (χ1v) is 7.72. The van der Waals surface area contributed by atoms with Crippen molar-refractivity contribution in [3.05, 3.63) is 16.1 Å². The lowest BCUT2D eigenvalue weighted by atomic mass is 9.90. The van der Waals surface area contributed by atoms with Crippen molar-refractivity contribution in [1.29, 1.82) is 0 Å². The van der Waals surface area contributed by atoms with Crippen LogP contribution >= 0.6 is 11.3 Å². The van der Waals surface area contributed by atoms with E-state index in [0.29, 0.717) is 17.8 Å². The van der Waals surface area contributed by atoms with Crippen molar-refractivity contribution in [1.82, 2.24) is 9.88 Å². The average molecular weight is 281 g/mol. The van der Waals surface area contributed by atoms with Crippen molar-refractivity contribution < 1.29 is 9.53 Å². The maximum atomic E-state index is 11.1. The molecular weight excluding hydrogens is 262 g/mol. The summed E-state index contributed by atoms with van der Waals surface area (Å²) in [5, 5.41) is 2.72. The van der Waals surface area contributed by atoms with Crippen LogP contribution in [0, 0.1) is 0 Å². The third-order valence-corrected chi connectivity index (χ3v) is 4.82. The molecule has 0 aromatic carbocycles. The number of ether oxygens (including phenoxy) is 1. The van der Waals surface area contributed by atoms with Gasteiger partial charge in [0.1, 0.15) is 10.7 Å². The number of aromatic nitrogens is 1. The molecule has 104 valence electrons. The van der Waals surface area contributed by atoms with E-state index in [2.05, 4.69) is 9.88 Å². The maximum Gasteiger partial charge on any atom is 0.268 e. The number of thiazole rings is 1. The highest BCUT2D eigenvalue weighted by Crippen LogP contribution is 2.29. The fourth-order valence-corrected chi connectivity index (χ4v) is 3.85. The van der Waals surface area contributed by atoms with Gasteiger partial charge in [0.2, 0.25) is 0 Å². The lowest BCUT2D eigenvalue weighted by Gasteiger charge is -2.43. The molecule has 0 radical (unpaired) electrons. The van der Waals surface area contributed by atoms with Crippen LogP contribution in [0.15, 0.2) is 5.38 Å². The second-order valence-corrected chi connectivity index (χ2v) is 6.16. The first kappa shape index (κ1) is 13.0. The summed E-state index contributed by atoms with van der Waals surface area (Å²) in [4.78, 5) is 17.8. The maximum absolute atomic E-state index is 11.1. The largest absolute Gasteiger partial charge is 0.375 e. The number of rotatable bonds is 3. The Morgan fingerprint density at radius 1 is 1.53 bits per heavy atom. The highest BCUT2D eigenvalue weighted by Gasteiger charge is 2.34. The normalized spacial score (nSPS) is 28.0. The van der Waals surface area contributed by atoms with Crippen molar-refractivity contribution in [3.8, 4) is 0 Å². The average Bonchev–Trinajstić information content (AvgIpc) is 2.88. The fraction of sp³-hybridized carbons (Fsp3) is 0.692. The molecule has 19 heavy (non-hydrogen) atoms. The van der Waals surface area contributed by atoms with Crippen LogP contribution in [-0.2, 0) is 11.3 Å². The molecule has 6 heteroatoms. The monoisotopic (exact) mass is 281 g/mol. The first-order valence-electron chi connectivity index (χ1n) is 6.84. The minimum absolute atomic E-state index is 0.383. The van der Waals surface area contributed by atoms with Crippen molar-refractivity contribution in [2.45, 2.75) is 44.4 Å². The van der Waals surface area contributed by atoms with E-state index in [4.69, 9.17) is 10.5 Å². The SMILES string of the molecule is NC(=O)c1csc(CN2CCOC3CCCCC32)n1. The number of amides is 1. The Morgan fingerprint density at radius 3 is 3.16 bits per heavy atom. The highest BCUT2D eigenvalue weighted by molar-refractivity contribution is 7.09. The molecule has 1 aliphatic heterocycles. The van der Waals surface area contributed by atoms with E-state index >= 15 is 0 Å². The molecule has 2 atom stereocenters. The third kappa shape index (κ3) is 2.80. The molecule has 1 aromatic rings. The van der Waals surface area contributed by atoms with Crippen molar-refractivity contribution in [2.24, 2.45) is 5.73 Å². The summed E-state index contributed by atoms with van der Waals surface area (Å²) in [6, 6.07) is 0.517. The highest BCUT2D eigenvalue weighted by atomic mass is 32.1. The van der Waals surface area contributed by atoms with Gasteiger partial charge >= 0.3 is 0 Å². The van der Waals surface area contributed by atoms with Gasteiger partial charge in [-0.25, -0.2) is 4.98 Å². The molecule has 1 aromatic heterocycles. The molecule has 1 aliphatic carbocycles. The molecule has 0 bridgehead atoms. The lowest BCUT2D eigenvalue weighted by Crippen LogP contribution is -2.52. The van der Waals surface area contributed by atoms with Gasteiger partial charge in [-0.2, -0.15) is 0 Å². The predicted molar refractivity (Wildman–Crippen MR) is 73.0 cm³/mol. The van der Waals surface area contributed by atoms with Gasteiger partial charge < -0.3 is 10.5 Å². The molecule has 0 spiro atoms. The molecule has 1 saturated carbocycles. The minimum atomic E-state index is -0.444. The zero-order chi connectivity index (χ0) is 13.2. The summed E-state index contributed by atoms with van der Waals surface area (Å²) in [6.07, 6.45) is 5.33. The fourth-order valence-electron chi connectivity index (χ4n) is 3.04. The van der Waals surface area contributed by atoms with E-state index in [-0.39, 0.29) is 0 Å². The number of carbonyl (C=O) groups is 1. The zero-order valence-corrected chi connectivity index (χ0v) is 11.7. The standard InChI is InChI=1S/C13H19N3O2S/c14-13(17)9-8-19-12(15-9)7-16-5-6-18-11-4-2-1-3-10(11)16/h8,10-11H,1-7H2,(H2,14,17). The number of fused-ring (bicyclic) bond motifs is 1. The first-order chi connectivity index (χ1) is 9.24. The second-order valence-electron chi connectivity index (χ2n) is 5.22. The van der Waals surface area contributed by atoms with E-state index < -0.39 is 5.91 Å². The van der Waals surface area contributed by atoms with Gasteiger partial charge in [0, 0.05) is 18.0 Å². The Balaban J connectivity index is 1.68. The van der Waals surface area contributed by atoms with Gasteiger partial charge in [-0.15, -0.1) is 11.3 Å². The zero-order valence-electron chi connectivity index (χ0n) is 10.9. The van der Waals surface area contributed by atoms with Gasteiger partial charge in [-0.1, -0.05) is 12.8 Å². The Hall–Kier alpha value is -0.980. The quantitative estimate of drug-likeness (QED) is 0.909. The Labute approximate surface area is 116 Å². The molecule has 3 rings (SSSR count). The Morgan fingerprint density at radius 2 is 2.37 bits per heavy atom. The summed E-state index contributed by atoms with van der Waals surface area (Å²) in [5.74, 6) is -0.444. The van der Waals surface area contributed by atoms with Crippen LogP contribution in [-0.4, -0.2) is 41.1 Å². The van der Waals surface area contributed by atoms with Crippen LogP contribution in [0.3, 0.4) is 0 Å². The Bertz CT molecular complexity index is 460. The van der Waals surface area contributed by atoms with Crippen LogP contribution in [0.2, 0.25) is 0 Å². The predicted octanol–water partition coefficient (Wildman–Crippen LogP) is 1.39. The van der Waals surface area contributed by atoms with Crippen LogP contribution in [0.25, 0.3) is 0 Å². The van der Waals surface area contributed by atoms with Gasteiger partial charge in [-0.3, -0.25) is 9.69 Å². The minimum Gasteiger partial charge on any atom is -0.375 e. The molecule has 1 saturated heterocycles. The van der Waals surface area contributed by atoms with Gasteiger partial charge in [0.05, 0.1) is 19.3 Å². The number of nitrogens with zero attached hydrogens (tertiary/aromatic N) is 2. The number of nitrogens with two attached hydrogens (primary N) is 1. The van der Waals surface area contributed by atoms with Crippen molar-refractivity contribution in [2.75, 3.05) is 13.2 Å². The molecule has 2 aliphatic rings. The second kappa shape index (κ2) is 5.56. The summed E-state index contributed by atoms with van der Waals surface area (Å²) >= 11 is 1.52. The van der Waals surface area contributed by atoms with Gasteiger partial charge in [0.25, 0.3) is 5.91 Å². The number of hydrogen-bond acceptors (Lipinski definition) is 5. The summed E-state index contributed by atoms with van der Waals surface area (Å²) in [5.41, 5.74) is 5.62. The third-order valence-electron chi connectivity index (χ3n) is 3.99. The summed E-state index contributed by atoms with van der Waals surface area (Å²) < 4.78 is 5.86. The van der Waals surface area contributed by atoms with Gasteiger partial charge in [-0.05, 0) is 12.8 Å². The van der Waals surface area contributed by atoms with Crippen LogP contribution < -0.4 is 5.73 Å². The van der Waals surface area contributed by atoms with E-state index in [0.717, 1.165) is 24.7 Å². The van der Waals surface area contributed by atoms with Gasteiger partial charge in [0.15, 0.2) is 0 Å². The van der Waals surface area contributed by atoms with E-state index in [1.54, 1.807) is 5.38 Å². The summed E-state index contributed by atoms with van der Waals surface area (Å²) in [7, 11) is 0.